The summed E-state index contributed by atoms with van der Waals surface area (Å²) in [5.74, 6) is 0. The van der Waals surface area contributed by atoms with Gasteiger partial charge in [-0.3, -0.25) is 0 Å². The van der Waals surface area contributed by atoms with Gasteiger partial charge >= 0.3 is 0 Å². The van der Waals surface area contributed by atoms with E-state index < -0.39 is 0 Å². The Morgan fingerprint density at radius 3 is 2.76 bits per heavy atom. The minimum atomic E-state index is 0.584. The third kappa shape index (κ3) is 4.58. The van der Waals surface area contributed by atoms with Gasteiger partial charge in [-0.05, 0) is 37.4 Å². The van der Waals surface area contributed by atoms with Crippen molar-refractivity contribution < 1.29 is 4.74 Å². The van der Waals surface area contributed by atoms with E-state index >= 15 is 0 Å². The molecule has 0 saturated carbocycles. The number of rotatable bonds is 9. The Morgan fingerprint density at radius 1 is 1.19 bits per heavy atom. The third-order valence-electron chi connectivity index (χ3n) is 3.83. The van der Waals surface area contributed by atoms with Gasteiger partial charge in [-0.15, -0.1) is 0 Å². The van der Waals surface area contributed by atoms with Crippen LogP contribution in [0.5, 0.6) is 0 Å². The van der Waals surface area contributed by atoms with Gasteiger partial charge in [0.2, 0.25) is 0 Å². The van der Waals surface area contributed by atoms with E-state index in [0.29, 0.717) is 6.04 Å². The first kappa shape index (κ1) is 16.1. The average molecular weight is 288 g/mol. The van der Waals surface area contributed by atoms with Gasteiger partial charge in [0.25, 0.3) is 0 Å². The molecule has 1 aromatic heterocycles. The standard InChI is InChI=1S/C18H28N2O/c1-15(2)19-11-7-6-8-16-14-20(12-13-21-3)18-10-5-4-9-17(16)18/h4-5,9-10,14-15,19H,6-8,11-13H2,1-3H3. The van der Waals surface area contributed by atoms with Crippen LogP contribution in [0.25, 0.3) is 10.9 Å². The molecule has 0 atom stereocenters. The van der Waals surface area contributed by atoms with E-state index in [9.17, 15) is 0 Å². The van der Waals surface area contributed by atoms with Crippen molar-refractivity contribution in [1.82, 2.24) is 9.88 Å². The number of unbranched alkanes of at least 4 members (excludes halogenated alkanes) is 1. The average Bonchev–Trinajstić information content (AvgIpc) is 2.83. The number of hydrogen-bond acceptors (Lipinski definition) is 2. The fourth-order valence-electron chi connectivity index (χ4n) is 2.73. The maximum Gasteiger partial charge on any atom is 0.0641 e. The summed E-state index contributed by atoms with van der Waals surface area (Å²) in [6, 6.07) is 9.27. The molecule has 21 heavy (non-hydrogen) atoms. The van der Waals surface area contributed by atoms with Gasteiger partial charge in [-0.25, -0.2) is 0 Å². The van der Waals surface area contributed by atoms with Crippen LogP contribution in [0, 0.1) is 0 Å². The van der Waals surface area contributed by atoms with Crippen LogP contribution < -0.4 is 5.32 Å². The lowest BCUT2D eigenvalue weighted by atomic mass is 10.1. The molecule has 0 aliphatic rings. The molecule has 0 unspecified atom stereocenters. The fourth-order valence-corrected chi connectivity index (χ4v) is 2.73. The molecule has 0 aliphatic heterocycles. The largest absolute Gasteiger partial charge is 0.383 e. The van der Waals surface area contributed by atoms with Crippen molar-refractivity contribution in [2.75, 3.05) is 20.3 Å². The van der Waals surface area contributed by atoms with E-state index in [2.05, 4.69) is 54.2 Å². The summed E-state index contributed by atoms with van der Waals surface area (Å²) in [6.07, 6.45) is 5.92. The van der Waals surface area contributed by atoms with E-state index in [-0.39, 0.29) is 0 Å². The number of fused-ring (bicyclic) bond motifs is 1. The van der Waals surface area contributed by atoms with E-state index in [1.54, 1.807) is 7.11 Å². The second-order valence-electron chi connectivity index (χ2n) is 5.92. The van der Waals surface area contributed by atoms with Crippen molar-refractivity contribution in [3.8, 4) is 0 Å². The molecule has 0 saturated heterocycles. The van der Waals surface area contributed by atoms with Gasteiger partial charge in [-0.2, -0.15) is 0 Å². The SMILES string of the molecule is COCCn1cc(CCCCNC(C)C)c2ccccc21. The van der Waals surface area contributed by atoms with E-state index in [1.165, 1.54) is 29.3 Å². The third-order valence-corrected chi connectivity index (χ3v) is 3.83. The number of nitrogens with zero attached hydrogens (tertiary/aromatic N) is 1. The molecule has 3 heteroatoms. The van der Waals surface area contributed by atoms with Gasteiger partial charge < -0.3 is 14.6 Å². The fraction of sp³-hybridized carbons (Fsp3) is 0.556. The number of hydrogen-bond donors (Lipinski definition) is 1. The lowest BCUT2D eigenvalue weighted by Crippen LogP contribution is -2.23. The number of benzene rings is 1. The lowest BCUT2D eigenvalue weighted by molar-refractivity contribution is 0.188. The number of ether oxygens (including phenoxy) is 1. The predicted octanol–water partition coefficient (Wildman–Crippen LogP) is 3.61. The van der Waals surface area contributed by atoms with Crippen molar-refractivity contribution in [2.24, 2.45) is 0 Å². The second kappa shape index (κ2) is 8.20. The number of nitrogens with one attached hydrogen (secondary N) is 1. The zero-order chi connectivity index (χ0) is 15.1. The molecule has 0 aliphatic carbocycles. The van der Waals surface area contributed by atoms with Gasteiger partial charge in [-0.1, -0.05) is 32.0 Å². The van der Waals surface area contributed by atoms with Gasteiger partial charge in [0.05, 0.1) is 6.61 Å². The monoisotopic (exact) mass is 288 g/mol. The first-order valence-electron chi connectivity index (χ1n) is 8.01. The molecule has 1 aromatic carbocycles. The summed E-state index contributed by atoms with van der Waals surface area (Å²) in [7, 11) is 1.76. The van der Waals surface area contributed by atoms with Crippen LogP contribution in [-0.4, -0.2) is 30.9 Å². The van der Waals surface area contributed by atoms with Gasteiger partial charge in [0.15, 0.2) is 0 Å². The molecule has 1 N–H and O–H groups in total. The Morgan fingerprint density at radius 2 is 2.00 bits per heavy atom. The maximum absolute atomic E-state index is 5.21. The number of methoxy groups -OCH3 is 1. The Labute approximate surface area is 128 Å². The number of aryl methyl sites for hydroxylation is 1. The predicted molar refractivity (Wildman–Crippen MR) is 89.9 cm³/mol. The molecule has 116 valence electrons. The highest BCUT2D eigenvalue weighted by molar-refractivity contribution is 5.83. The first-order chi connectivity index (χ1) is 10.2. The van der Waals surface area contributed by atoms with E-state index in [4.69, 9.17) is 4.74 Å². The van der Waals surface area contributed by atoms with Crippen LogP contribution in [0.1, 0.15) is 32.3 Å². The summed E-state index contributed by atoms with van der Waals surface area (Å²) < 4.78 is 7.53. The van der Waals surface area contributed by atoms with Crippen molar-refractivity contribution in [1.29, 1.82) is 0 Å². The van der Waals surface area contributed by atoms with Crippen LogP contribution in [0.2, 0.25) is 0 Å². The molecule has 1 heterocycles. The molecule has 3 nitrogen and oxygen atoms in total. The Kier molecular flexibility index (Phi) is 6.27. The minimum absolute atomic E-state index is 0.584. The van der Waals surface area contributed by atoms with Gasteiger partial charge in [0.1, 0.15) is 0 Å². The van der Waals surface area contributed by atoms with Crippen LogP contribution in [0.3, 0.4) is 0 Å². The van der Waals surface area contributed by atoms with Crippen molar-refractivity contribution in [2.45, 2.75) is 45.7 Å². The molecule has 2 rings (SSSR count). The Balaban J connectivity index is 1.98. The summed E-state index contributed by atoms with van der Waals surface area (Å²) in [5.41, 5.74) is 2.79. The highest BCUT2D eigenvalue weighted by atomic mass is 16.5. The minimum Gasteiger partial charge on any atom is -0.383 e. The molecule has 0 radical (unpaired) electrons. The smallest absolute Gasteiger partial charge is 0.0641 e. The Hall–Kier alpha value is -1.32. The van der Waals surface area contributed by atoms with E-state index in [1.807, 2.05) is 0 Å². The van der Waals surface area contributed by atoms with E-state index in [0.717, 1.165) is 26.1 Å². The highest BCUT2D eigenvalue weighted by Crippen LogP contribution is 2.22. The Bertz CT molecular complexity index is 545. The first-order valence-corrected chi connectivity index (χ1v) is 8.01. The zero-order valence-corrected chi connectivity index (χ0v) is 13.6. The van der Waals surface area contributed by atoms with Crippen LogP contribution >= 0.6 is 0 Å². The highest BCUT2D eigenvalue weighted by Gasteiger charge is 2.07. The molecule has 0 amide bonds. The van der Waals surface area contributed by atoms with Crippen LogP contribution in [0.15, 0.2) is 30.5 Å². The summed E-state index contributed by atoms with van der Waals surface area (Å²) in [6.45, 7) is 7.19. The molecule has 2 aromatic rings. The lowest BCUT2D eigenvalue weighted by Gasteiger charge is -2.07. The normalized spacial score (nSPS) is 11.6. The van der Waals surface area contributed by atoms with Crippen molar-refractivity contribution >= 4 is 10.9 Å². The molecule has 0 spiro atoms. The molecular formula is C18H28N2O. The van der Waals surface area contributed by atoms with Crippen molar-refractivity contribution in [3.05, 3.63) is 36.0 Å². The molecular weight excluding hydrogens is 260 g/mol. The van der Waals surface area contributed by atoms with Crippen LogP contribution in [0.4, 0.5) is 0 Å². The summed E-state index contributed by atoms with van der Waals surface area (Å²) >= 11 is 0. The quantitative estimate of drug-likeness (QED) is 0.713. The van der Waals surface area contributed by atoms with Crippen molar-refractivity contribution in [3.63, 3.8) is 0 Å². The van der Waals surface area contributed by atoms with Crippen LogP contribution in [-0.2, 0) is 17.7 Å². The number of para-hydroxylation sites is 1. The molecule has 0 bridgehead atoms. The topological polar surface area (TPSA) is 26.2 Å². The second-order valence-corrected chi connectivity index (χ2v) is 5.92. The maximum atomic E-state index is 5.21. The zero-order valence-electron chi connectivity index (χ0n) is 13.6. The number of aromatic nitrogens is 1. The molecule has 0 fully saturated rings. The summed E-state index contributed by atoms with van der Waals surface area (Å²) in [4.78, 5) is 0. The summed E-state index contributed by atoms with van der Waals surface area (Å²) in [5, 5.41) is 4.87. The van der Waals surface area contributed by atoms with Gasteiger partial charge in [0, 0.05) is 36.8 Å².